The van der Waals surface area contributed by atoms with Gasteiger partial charge in [0.1, 0.15) is 0 Å². The Bertz CT molecular complexity index is 568. The summed E-state index contributed by atoms with van der Waals surface area (Å²) >= 11 is 0. The van der Waals surface area contributed by atoms with Gasteiger partial charge in [-0.05, 0) is 91.8 Å². The molecular weight excluding hydrogens is 256 g/mol. The zero-order valence-corrected chi connectivity index (χ0v) is 13.7. The minimum atomic E-state index is 0.395. The van der Waals surface area contributed by atoms with Crippen LogP contribution in [0.15, 0.2) is 24.3 Å². The van der Waals surface area contributed by atoms with Gasteiger partial charge in [-0.3, -0.25) is 0 Å². The fraction of sp³-hybridized carbons (Fsp3) is 0.368. The topological polar surface area (TPSA) is 52.0 Å². The lowest BCUT2D eigenvalue weighted by molar-refractivity contribution is 0.754. The molecule has 0 aliphatic carbocycles. The molecular formula is C19H26N2. The molecule has 0 heterocycles. The Morgan fingerprint density at radius 1 is 0.714 bits per heavy atom. The fourth-order valence-corrected chi connectivity index (χ4v) is 3.67. The summed E-state index contributed by atoms with van der Waals surface area (Å²) in [6, 6.07) is 8.31. The van der Waals surface area contributed by atoms with Crippen LogP contribution < -0.4 is 11.5 Å². The fourth-order valence-electron chi connectivity index (χ4n) is 3.67. The zero-order chi connectivity index (χ0) is 15.7. The van der Waals surface area contributed by atoms with E-state index in [9.17, 15) is 0 Å². The van der Waals surface area contributed by atoms with E-state index >= 15 is 0 Å². The van der Waals surface area contributed by atoms with E-state index in [0.717, 1.165) is 17.8 Å². The maximum atomic E-state index is 5.97. The quantitative estimate of drug-likeness (QED) is 0.807. The highest BCUT2D eigenvalue weighted by Gasteiger charge is 2.20. The molecule has 0 aromatic heterocycles. The molecule has 21 heavy (non-hydrogen) atoms. The molecule has 4 N–H and O–H groups in total. The molecule has 0 unspecified atom stereocenters. The predicted octanol–water partition coefficient (Wildman–Crippen LogP) is 4.63. The van der Waals surface area contributed by atoms with Gasteiger partial charge in [0.05, 0.1) is 0 Å². The van der Waals surface area contributed by atoms with Gasteiger partial charge in [0.25, 0.3) is 0 Å². The minimum Gasteiger partial charge on any atom is -0.399 e. The molecule has 2 aromatic rings. The average molecular weight is 282 g/mol. The van der Waals surface area contributed by atoms with E-state index in [2.05, 4.69) is 58.9 Å². The van der Waals surface area contributed by atoms with Crippen molar-refractivity contribution in [3.05, 3.63) is 57.6 Å². The van der Waals surface area contributed by atoms with E-state index in [-0.39, 0.29) is 0 Å². The van der Waals surface area contributed by atoms with Crippen LogP contribution in [0.25, 0.3) is 0 Å². The maximum Gasteiger partial charge on any atom is 0.0319 e. The van der Waals surface area contributed by atoms with Gasteiger partial charge in [0.15, 0.2) is 0 Å². The number of nitrogens with two attached hydrogens (primary N) is 2. The number of rotatable bonds is 3. The van der Waals surface area contributed by atoms with Gasteiger partial charge in [0.2, 0.25) is 0 Å². The molecule has 2 nitrogen and oxygen atoms in total. The smallest absolute Gasteiger partial charge is 0.0319 e. The third kappa shape index (κ3) is 2.90. The number of hydrogen-bond acceptors (Lipinski definition) is 2. The van der Waals surface area contributed by atoms with Crippen LogP contribution in [-0.4, -0.2) is 0 Å². The minimum absolute atomic E-state index is 0.395. The second kappa shape index (κ2) is 5.80. The summed E-state index contributed by atoms with van der Waals surface area (Å²) in [4.78, 5) is 0. The van der Waals surface area contributed by atoms with Crippen LogP contribution in [0.1, 0.15) is 52.6 Å². The van der Waals surface area contributed by atoms with Crippen molar-refractivity contribution in [3.63, 3.8) is 0 Å². The van der Waals surface area contributed by atoms with Gasteiger partial charge < -0.3 is 11.5 Å². The molecule has 2 heteroatoms. The van der Waals surface area contributed by atoms with Crippen molar-refractivity contribution in [1.82, 2.24) is 0 Å². The Labute approximate surface area is 128 Å². The first-order valence-electron chi connectivity index (χ1n) is 7.58. The molecule has 0 saturated heterocycles. The molecule has 0 aliphatic rings. The third-order valence-corrected chi connectivity index (χ3v) is 4.34. The average Bonchev–Trinajstić information content (AvgIpc) is 2.34. The Morgan fingerprint density at radius 3 is 1.24 bits per heavy atom. The predicted molar refractivity (Wildman–Crippen MR) is 92.8 cm³/mol. The van der Waals surface area contributed by atoms with Gasteiger partial charge in [-0.1, -0.05) is 6.92 Å². The largest absolute Gasteiger partial charge is 0.399 e. The summed E-state index contributed by atoms with van der Waals surface area (Å²) in [6.45, 7) is 10.9. The summed E-state index contributed by atoms with van der Waals surface area (Å²) in [5, 5.41) is 0. The summed E-state index contributed by atoms with van der Waals surface area (Å²) in [5.74, 6) is 0.395. The van der Waals surface area contributed by atoms with E-state index in [1.54, 1.807) is 0 Å². The maximum absolute atomic E-state index is 5.97. The lowest BCUT2D eigenvalue weighted by Gasteiger charge is -2.25. The number of nitrogen functional groups attached to an aromatic ring is 2. The molecule has 0 fully saturated rings. The highest BCUT2D eigenvalue weighted by atomic mass is 14.5. The van der Waals surface area contributed by atoms with Crippen molar-refractivity contribution in [2.75, 3.05) is 11.5 Å². The van der Waals surface area contributed by atoms with Gasteiger partial charge in [-0.15, -0.1) is 0 Å². The lowest BCUT2D eigenvalue weighted by Crippen LogP contribution is -2.09. The van der Waals surface area contributed by atoms with E-state index in [1.807, 2.05) is 0 Å². The second-order valence-corrected chi connectivity index (χ2v) is 6.10. The Balaban J connectivity index is 2.66. The molecule has 0 aliphatic heterocycles. The van der Waals surface area contributed by atoms with Crippen molar-refractivity contribution in [3.8, 4) is 0 Å². The zero-order valence-electron chi connectivity index (χ0n) is 13.7. The van der Waals surface area contributed by atoms with E-state index in [0.29, 0.717) is 5.92 Å². The summed E-state index contributed by atoms with van der Waals surface area (Å²) in [5.41, 5.74) is 21.5. The van der Waals surface area contributed by atoms with Gasteiger partial charge in [-0.25, -0.2) is 0 Å². The van der Waals surface area contributed by atoms with E-state index in [4.69, 9.17) is 11.5 Å². The Hall–Kier alpha value is -1.96. The number of hydrogen-bond donors (Lipinski definition) is 2. The van der Waals surface area contributed by atoms with Crippen molar-refractivity contribution in [1.29, 1.82) is 0 Å². The first kappa shape index (κ1) is 15.4. The van der Waals surface area contributed by atoms with Gasteiger partial charge in [0, 0.05) is 17.3 Å². The van der Waals surface area contributed by atoms with Crippen LogP contribution >= 0.6 is 0 Å². The Morgan fingerprint density at radius 2 is 1.00 bits per heavy atom. The highest BCUT2D eigenvalue weighted by molar-refractivity contribution is 5.56. The molecule has 0 atom stereocenters. The third-order valence-electron chi connectivity index (χ3n) is 4.34. The Kier molecular flexibility index (Phi) is 4.26. The number of aryl methyl sites for hydroxylation is 4. The second-order valence-electron chi connectivity index (χ2n) is 6.10. The molecule has 0 amide bonds. The molecule has 2 aromatic carbocycles. The lowest BCUT2D eigenvalue weighted by atomic mass is 9.80. The summed E-state index contributed by atoms with van der Waals surface area (Å²) in [6.07, 6.45) is 1.07. The SMILES string of the molecule is CCC(c1c(C)cc(N)cc1C)c1c(C)cc(N)cc1C. The van der Waals surface area contributed by atoms with Gasteiger partial charge >= 0.3 is 0 Å². The van der Waals surface area contributed by atoms with Crippen molar-refractivity contribution in [2.24, 2.45) is 0 Å². The first-order chi connectivity index (χ1) is 9.85. The van der Waals surface area contributed by atoms with Crippen LogP contribution in [0.3, 0.4) is 0 Å². The molecule has 0 saturated carbocycles. The van der Waals surface area contributed by atoms with Crippen LogP contribution in [0.5, 0.6) is 0 Å². The molecule has 112 valence electrons. The van der Waals surface area contributed by atoms with Crippen molar-refractivity contribution >= 4 is 11.4 Å². The van der Waals surface area contributed by atoms with Crippen molar-refractivity contribution < 1.29 is 0 Å². The van der Waals surface area contributed by atoms with Crippen LogP contribution in [0, 0.1) is 27.7 Å². The van der Waals surface area contributed by atoms with Crippen molar-refractivity contribution in [2.45, 2.75) is 47.0 Å². The standard InChI is InChI=1S/C19H26N2/c1-6-17(18-11(2)7-15(20)8-12(18)3)19-13(4)9-16(21)10-14(19)5/h7-10,17H,6,20-21H2,1-5H3. The van der Waals surface area contributed by atoms with Crippen LogP contribution in [0.2, 0.25) is 0 Å². The van der Waals surface area contributed by atoms with E-state index in [1.165, 1.54) is 33.4 Å². The number of benzene rings is 2. The first-order valence-corrected chi connectivity index (χ1v) is 7.58. The van der Waals surface area contributed by atoms with Crippen LogP contribution in [-0.2, 0) is 0 Å². The number of anilines is 2. The molecule has 2 rings (SSSR count). The summed E-state index contributed by atoms with van der Waals surface area (Å²) < 4.78 is 0. The molecule has 0 spiro atoms. The van der Waals surface area contributed by atoms with Gasteiger partial charge in [-0.2, -0.15) is 0 Å². The van der Waals surface area contributed by atoms with E-state index < -0.39 is 0 Å². The molecule has 0 bridgehead atoms. The molecule has 0 radical (unpaired) electrons. The normalized spacial score (nSPS) is 11.1. The van der Waals surface area contributed by atoms with Crippen LogP contribution in [0.4, 0.5) is 11.4 Å². The summed E-state index contributed by atoms with van der Waals surface area (Å²) in [7, 11) is 0. The highest BCUT2D eigenvalue weighted by Crippen LogP contribution is 2.37. The monoisotopic (exact) mass is 282 g/mol.